The highest BCUT2D eigenvalue weighted by Gasteiger charge is 1.81. The number of rotatable bonds is 0. The predicted octanol–water partition coefficient (Wildman–Crippen LogP) is 2.86. The molecule has 7 heteroatoms. The molecule has 0 saturated heterocycles. The van der Waals surface area contributed by atoms with Crippen molar-refractivity contribution in [3.05, 3.63) is 0 Å². The highest BCUT2D eigenvalue weighted by atomic mass is 127. The summed E-state index contributed by atoms with van der Waals surface area (Å²) in [6.07, 6.45) is 0. The normalized spacial score (nSPS) is 7.71. The van der Waals surface area contributed by atoms with Gasteiger partial charge in [0.2, 0.25) is 1.29 Å². The molecule has 0 fully saturated rings. The Kier molecular flexibility index (Phi) is 24.8. The third-order valence-electron chi connectivity index (χ3n) is 0. The molecule has 0 nitrogen and oxygen atoms in total. The molecule has 0 N–H and O–H groups in total. The van der Waals surface area contributed by atoms with Crippen molar-refractivity contribution in [2.45, 2.75) is 0 Å². The minimum absolute atomic E-state index is 0.229. The maximum Gasteiger partial charge on any atom is 0.239 e. The van der Waals surface area contributed by atoms with Crippen LogP contribution in [0.4, 0.5) is 0 Å². The molecule has 0 aliphatic carbocycles. The zero-order valence-electron chi connectivity index (χ0n) is 3.17. The van der Waals surface area contributed by atoms with Gasteiger partial charge in [-0.1, -0.05) is 65.4 Å². The first kappa shape index (κ1) is 13.7. The van der Waals surface area contributed by atoms with Crippen molar-refractivity contribution in [3.8, 4) is 0 Å². The van der Waals surface area contributed by atoms with E-state index in [0.717, 1.165) is 0 Å². The molecule has 0 unspecified atom stereocenters. The smallest absolute Gasteiger partial charge is 0.114 e. The van der Waals surface area contributed by atoms with Crippen LogP contribution in [0.15, 0.2) is 0 Å². The lowest BCUT2D eigenvalue weighted by Crippen LogP contribution is -1.59. The highest BCUT2D eigenvalue weighted by Crippen LogP contribution is 2.10. The van der Waals surface area contributed by atoms with E-state index >= 15 is 0 Å². The second-order valence-electron chi connectivity index (χ2n) is 0.348. The predicted molar refractivity (Wildman–Crippen MR) is 85.8 cm³/mol. The molecule has 0 aliphatic rings. The van der Waals surface area contributed by atoms with Crippen molar-refractivity contribution in [1.82, 2.24) is 0 Å². The number of hydrogen-bond acceptors (Lipinski definition) is 0. The lowest BCUT2D eigenvalue weighted by Gasteiger charge is -1.67. The fourth-order valence-electron chi connectivity index (χ4n) is 0. The van der Waals surface area contributed by atoms with E-state index in [1.54, 1.807) is 0 Å². The van der Waals surface area contributed by atoms with Gasteiger partial charge in [0.15, 0.2) is 4.51 Å². The molecule has 0 rings (SSSR count). The summed E-state index contributed by atoms with van der Waals surface area (Å²) in [5, 5.41) is 0. The first-order valence-electron chi connectivity index (χ1n) is 1.19. The topological polar surface area (TPSA) is 0 Å². The summed E-state index contributed by atoms with van der Waals surface area (Å²) in [6.45, 7) is 0. The molecule has 0 aromatic rings. The third kappa shape index (κ3) is 39.5. The van der Waals surface area contributed by atoms with Crippen LogP contribution in [0.25, 0.3) is 0 Å². The quantitative estimate of drug-likeness (QED) is 0.208. The fraction of sp³-hybridized carbons (Fsp3) is 0. The van der Waals surface area contributed by atoms with Gasteiger partial charge in [0, 0.05) is 0 Å². The molecule has 0 bridgehead atoms. The molecule has 0 atom stereocenters. The van der Waals surface area contributed by atoms with Crippen LogP contribution in [0.5, 0.6) is 0 Å². The van der Waals surface area contributed by atoms with Crippen LogP contribution in [-0.2, 0) is 0 Å². The van der Waals surface area contributed by atoms with E-state index < -0.39 is 0 Å². The van der Waals surface area contributed by atoms with E-state index in [-0.39, 0.29) is 1.29 Å². The molecule has 0 aromatic carbocycles. The molecule has 0 spiro atoms. The van der Waals surface area contributed by atoms with Crippen LogP contribution in [0.1, 0.15) is 0 Å². The van der Waals surface area contributed by atoms with Crippen LogP contribution in [0.2, 0.25) is 0 Å². The summed E-state index contributed by atoms with van der Waals surface area (Å²) in [6, 6.07) is 0. The molecule has 0 amide bonds. The summed E-state index contributed by atoms with van der Waals surface area (Å²) >= 11 is 12.2. The van der Waals surface area contributed by atoms with Crippen molar-refractivity contribution < 1.29 is 0 Å². The Morgan fingerprint density at radius 2 is 1.00 bits per heavy atom. The maximum atomic E-state index is 2.46. The minimum atomic E-state index is -0.229. The molecular weight excluding hydrogens is 691 g/mol. The summed E-state index contributed by atoms with van der Waals surface area (Å²) in [5.41, 5.74) is 0. The maximum absolute atomic E-state index is 2.46. The molecular formula is H3I5Si2. The molecule has 0 radical (unpaired) electrons. The lowest BCUT2D eigenvalue weighted by atomic mass is 28.1. The molecule has 0 aliphatic heterocycles. The zero-order chi connectivity index (χ0) is 6.28. The first-order chi connectivity index (χ1) is 3.15. The third-order valence-corrected chi connectivity index (χ3v) is 0. The van der Waals surface area contributed by atoms with E-state index in [2.05, 4.69) is 109 Å². The van der Waals surface area contributed by atoms with Gasteiger partial charge in [-0.2, -0.15) is 0 Å². The fourth-order valence-corrected chi connectivity index (χ4v) is 0. The van der Waals surface area contributed by atoms with Crippen LogP contribution in [0, 0.1) is 0 Å². The number of hydrogen-bond donors (Lipinski definition) is 0. The van der Waals surface area contributed by atoms with E-state index in [1.165, 1.54) is 0 Å². The molecule has 7 heavy (non-hydrogen) atoms. The second kappa shape index (κ2) is 12.7. The Balaban J connectivity index is 0. The van der Waals surface area contributed by atoms with E-state index in [1.807, 2.05) is 0 Å². The minimum Gasteiger partial charge on any atom is -0.114 e. The Morgan fingerprint density at radius 3 is 1.00 bits per heavy atom. The average molecular weight is 694 g/mol. The zero-order valence-corrected chi connectivity index (χ0v) is 16.5. The van der Waals surface area contributed by atoms with E-state index in [9.17, 15) is 0 Å². The van der Waals surface area contributed by atoms with Gasteiger partial charge in [-0.05, 0) is 0 Å². The van der Waals surface area contributed by atoms with Gasteiger partial charge >= 0.3 is 0 Å². The van der Waals surface area contributed by atoms with Crippen molar-refractivity contribution in [2.75, 3.05) is 0 Å². The van der Waals surface area contributed by atoms with Gasteiger partial charge in [-0.15, -0.1) is 43.6 Å². The molecule has 46 valence electrons. The Labute approximate surface area is 112 Å². The van der Waals surface area contributed by atoms with Gasteiger partial charge < -0.3 is 0 Å². The standard InChI is InChI=1S/HI3Si.H2I2Si/c1-4(2)3;1-3-2/h4H;3H2. The van der Waals surface area contributed by atoms with Crippen molar-refractivity contribution >= 4 is 115 Å². The summed E-state index contributed by atoms with van der Waals surface area (Å²) in [5.74, 6) is 0. The number of halogens is 5. The molecule has 0 aromatic heterocycles. The Morgan fingerprint density at radius 1 is 1.00 bits per heavy atom. The van der Waals surface area contributed by atoms with Gasteiger partial charge in [0.05, 0.1) is 0 Å². The van der Waals surface area contributed by atoms with Crippen LogP contribution < -0.4 is 0 Å². The lowest BCUT2D eigenvalue weighted by molar-refractivity contribution is 5.41. The van der Waals surface area contributed by atoms with Crippen molar-refractivity contribution in [2.24, 2.45) is 0 Å². The van der Waals surface area contributed by atoms with Crippen LogP contribution >= 0.6 is 109 Å². The SMILES string of the molecule is I[SiH2]I.I[SiH](I)I. The van der Waals surface area contributed by atoms with E-state index in [0.29, 0.717) is 4.51 Å². The van der Waals surface area contributed by atoms with Gasteiger partial charge in [0.1, 0.15) is 0 Å². The van der Waals surface area contributed by atoms with Gasteiger partial charge in [-0.3, -0.25) is 0 Å². The first-order valence-corrected chi connectivity index (χ1v) is 23.9. The summed E-state index contributed by atoms with van der Waals surface area (Å²) in [7, 11) is 0. The average Bonchev–Trinajstić information content (AvgIpc) is 1.33. The largest absolute Gasteiger partial charge is 0.239 e. The monoisotopic (exact) mass is 693 g/mol. The van der Waals surface area contributed by atoms with Crippen molar-refractivity contribution in [3.63, 3.8) is 0 Å². The van der Waals surface area contributed by atoms with Gasteiger partial charge in [-0.25, -0.2) is 0 Å². The van der Waals surface area contributed by atoms with Crippen LogP contribution in [-0.4, -0.2) is 5.80 Å². The second-order valence-corrected chi connectivity index (χ2v) is 47.0. The Hall–Kier alpha value is 4.08. The summed E-state index contributed by atoms with van der Waals surface area (Å²) in [4.78, 5) is 0. The van der Waals surface area contributed by atoms with Gasteiger partial charge in [0.25, 0.3) is 0 Å². The van der Waals surface area contributed by atoms with E-state index in [4.69, 9.17) is 0 Å². The van der Waals surface area contributed by atoms with Crippen LogP contribution in [0.3, 0.4) is 0 Å². The van der Waals surface area contributed by atoms with Crippen molar-refractivity contribution in [1.29, 1.82) is 0 Å². The molecule has 0 heterocycles. The summed E-state index contributed by atoms with van der Waals surface area (Å²) < 4.78 is 0.128. The highest BCUT2D eigenvalue weighted by molar-refractivity contribution is 14.4. The molecule has 0 saturated carbocycles. The Bertz CT molecular complexity index is 17.3.